The molecule has 6 rings (SSSR count). The Morgan fingerprint density at radius 2 is 1.62 bits per heavy atom. The first-order valence-corrected chi connectivity index (χ1v) is 11.8. The van der Waals surface area contributed by atoms with E-state index in [1.165, 1.54) is 6.20 Å². The van der Waals surface area contributed by atoms with Crippen LogP contribution in [0.15, 0.2) is 89.9 Å². The number of carbonyl (C=O) groups is 2. The quantitative estimate of drug-likeness (QED) is 0.348. The van der Waals surface area contributed by atoms with Crippen LogP contribution in [-0.4, -0.2) is 23.1 Å². The first-order chi connectivity index (χ1) is 18.0. The summed E-state index contributed by atoms with van der Waals surface area (Å²) >= 11 is 0. The number of amides is 1. The molecule has 0 saturated carbocycles. The normalized spacial score (nSPS) is 12.1. The third-order valence-corrected chi connectivity index (χ3v) is 6.48. The average molecular weight is 491 g/mol. The number of ketones is 1. The van der Waals surface area contributed by atoms with Crippen molar-refractivity contribution >= 4 is 39.1 Å². The number of ether oxygens (including phenoxy) is 2. The van der Waals surface area contributed by atoms with Gasteiger partial charge >= 0.3 is 0 Å². The lowest BCUT2D eigenvalue weighted by molar-refractivity contribution is -0.116. The smallest absolute Gasteiger partial charge is 0.244 e. The Morgan fingerprint density at radius 3 is 2.41 bits per heavy atom. The van der Waals surface area contributed by atoms with Gasteiger partial charge in [-0.1, -0.05) is 54.1 Å². The van der Waals surface area contributed by atoms with E-state index in [4.69, 9.17) is 9.47 Å². The van der Waals surface area contributed by atoms with Gasteiger partial charge in [0, 0.05) is 23.5 Å². The molecule has 182 valence electrons. The van der Waals surface area contributed by atoms with Crippen LogP contribution < -0.4 is 20.2 Å². The van der Waals surface area contributed by atoms with Crippen molar-refractivity contribution in [2.75, 3.05) is 12.1 Å². The van der Waals surface area contributed by atoms with Gasteiger partial charge in [0.25, 0.3) is 0 Å². The van der Waals surface area contributed by atoms with Crippen molar-refractivity contribution in [2.24, 2.45) is 0 Å². The Labute approximate surface area is 211 Å². The summed E-state index contributed by atoms with van der Waals surface area (Å²) in [5.74, 6) is 0.197. The van der Waals surface area contributed by atoms with E-state index in [2.05, 4.69) is 5.32 Å². The predicted molar refractivity (Wildman–Crippen MR) is 142 cm³/mol. The molecule has 1 amide bonds. The van der Waals surface area contributed by atoms with Crippen molar-refractivity contribution < 1.29 is 19.1 Å². The maximum atomic E-state index is 13.6. The molecule has 4 aromatic carbocycles. The van der Waals surface area contributed by atoms with E-state index in [9.17, 15) is 14.4 Å². The molecule has 0 atom stereocenters. The molecule has 0 aliphatic carbocycles. The van der Waals surface area contributed by atoms with Crippen molar-refractivity contribution in [2.45, 2.75) is 13.5 Å². The lowest BCUT2D eigenvalue weighted by Gasteiger charge is -2.14. The van der Waals surface area contributed by atoms with Crippen LogP contribution in [0.3, 0.4) is 0 Å². The molecule has 0 fully saturated rings. The van der Waals surface area contributed by atoms with Gasteiger partial charge < -0.3 is 19.4 Å². The maximum absolute atomic E-state index is 13.6. The Bertz CT molecular complexity index is 1770. The van der Waals surface area contributed by atoms with E-state index in [1.54, 1.807) is 28.8 Å². The molecular formula is C30H22N2O5. The van der Waals surface area contributed by atoms with Crippen LogP contribution in [0.2, 0.25) is 0 Å². The van der Waals surface area contributed by atoms with Gasteiger partial charge in [0.1, 0.15) is 6.54 Å². The second kappa shape index (κ2) is 8.95. The van der Waals surface area contributed by atoms with E-state index in [0.29, 0.717) is 28.3 Å². The third kappa shape index (κ3) is 4.21. The summed E-state index contributed by atoms with van der Waals surface area (Å²) in [5, 5.41) is 5.04. The number of anilines is 1. The van der Waals surface area contributed by atoms with Crippen LogP contribution in [0.5, 0.6) is 11.5 Å². The summed E-state index contributed by atoms with van der Waals surface area (Å²) in [6, 6.07) is 23.8. The molecule has 0 radical (unpaired) electrons. The van der Waals surface area contributed by atoms with Gasteiger partial charge in [-0.05, 0) is 42.0 Å². The average Bonchev–Trinajstić information content (AvgIpc) is 3.38. The SMILES string of the molecule is Cc1ccc(NC(=O)Cn2cc(C(=O)c3ccc4ccccc4c3)c(=O)c3cc4c(cc32)OCO4)cc1. The van der Waals surface area contributed by atoms with Crippen molar-refractivity contribution in [1.82, 2.24) is 4.57 Å². The highest BCUT2D eigenvalue weighted by Crippen LogP contribution is 2.35. The number of nitrogens with one attached hydrogen (secondary N) is 1. The van der Waals surface area contributed by atoms with E-state index in [-0.39, 0.29) is 30.2 Å². The van der Waals surface area contributed by atoms with Crippen LogP contribution in [0.4, 0.5) is 5.69 Å². The van der Waals surface area contributed by atoms with Gasteiger partial charge in [-0.25, -0.2) is 0 Å². The van der Waals surface area contributed by atoms with Crippen LogP contribution in [-0.2, 0) is 11.3 Å². The number of aryl methyl sites for hydroxylation is 1. The van der Waals surface area contributed by atoms with Gasteiger partial charge in [0.15, 0.2) is 17.3 Å². The number of rotatable bonds is 5. The molecule has 1 aliphatic heterocycles. The van der Waals surface area contributed by atoms with Crippen LogP contribution in [0.25, 0.3) is 21.7 Å². The number of carbonyl (C=O) groups excluding carboxylic acids is 2. The number of aromatic nitrogens is 1. The van der Waals surface area contributed by atoms with Gasteiger partial charge in [-0.2, -0.15) is 0 Å². The second-order valence-corrected chi connectivity index (χ2v) is 9.03. The Morgan fingerprint density at radius 1 is 0.892 bits per heavy atom. The summed E-state index contributed by atoms with van der Waals surface area (Å²) in [6.07, 6.45) is 1.46. The molecule has 7 heteroatoms. The van der Waals surface area contributed by atoms with Gasteiger partial charge in [-0.3, -0.25) is 14.4 Å². The molecule has 1 aromatic heterocycles. The Hall–Kier alpha value is -4.91. The molecule has 0 unspecified atom stereocenters. The molecule has 2 heterocycles. The molecule has 1 aliphatic rings. The number of nitrogens with zero attached hydrogens (tertiary/aromatic N) is 1. The largest absolute Gasteiger partial charge is 0.454 e. The topological polar surface area (TPSA) is 86.6 Å². The highest BCUT2D eigenvalue weighted by molar-refractivity contribution is 6.11. The van der Waals surface area contributed by atoms with Crippen molar-refractivity contribution in [3.63, 3.8) is 0 Å². The zero-order valence-corrected chi connectivity index (χ0v) is 20.0. The van der Waals surface area contributed by atoms with Crippen molar-refractivity contribution in [3.8, 4) is 11.5 Å². The minimum absolute atomic E-state index is 0.0233. The second-order valence-electron chi connectivity index (χ2n) is 9.03. The fourth-order valence-electron chi connectivity index (χ4n) is 4.55. The fourth-order valence-corrected chi connectivity index (χ4v) is 4.55. The number of hydrogen-bond donors (Lipinski definition) is 1. The zero-order chi connectivity index (χ0) is 25.5. The molecule has 37 heavy (non-hydrogen) atoms. The summed E-state index contributed by atoms with van der Waals surface area (Å²) in [7, 11) is 0. The summed E-state index contributed by atoms with van der Waals surface area (Å²) in [4.78, 5) is 40.1. The van der Waals surface area contributed by atoms with Crippen LogP contribution >= 0.6 is 0 Å². The van der Waals surface area contributed by atoms with Crippen LogP contribution in [0, 0.1) is 6.92 Å². The molecule has 7 nitrogen and oxygen atoms in total. The Balaban J connectivity index is 1.44. The summed E-state index contributed by atoms with van der Waals surface area (Å²) in [6.45, 7) is 1.90. The van der Waals surface area contributed by atoms with Gasteiger partial charge in [0.2, 0.25) is 18.1 Å². The molecule has 0 saturated heterocycles. The van der Waals surface area contributed by atoms with Gasteiger partial charge in [-0.15, -0.1) is 0 Å². The highest BCUT2D eigenvalue weighted by atomic mass is 16.7. The minimum atomic E-state index is -0.429. The third-order valence-electron chi connectivity index (χ3n) is 6.48. The monoisotopic (exact) mass is 490 g/mol. The lowest BCUT2D eigenvalue weighted by Crippen LogP contribution is -2.24. The zero-order valence-electron chi connectivity index (χ0n) is 20.0. The van der Waals surface area contributed by atoms with E-state index < -0.39 is 11.2 Å². The maximum Gasteiger partial charge on any atom is 0.244 e. The number of hydrogen-bond acceptors (Lipinski definition) is 5. The number of fused-ring (bicyclic) bond motifs is 3. The fraction of sp³-hybridized carbons (Fsp3) is 0.100. The summed E-state index contributed by atoms with van der Waals surface area (Å²) in [5.41, 5.74) is 2.16. The highest BCUT2D eigenvalue weighted by Gasteiger charge is 2.22. The van der Waals surface area contributed by atoms with Crippen molar-refractivity contribution in [3.05, 3.63) is 112 Å². The number of pyridine rings is 1. The summed E-state index contributed by atoms with van der Waals surface area (Å²) < 4.78 is 12.6. The first-order valence-electron chi connectivity index (χ1n) is 11.8. The van der Waals surface area contributed by atoms with E-state index in [1.807, 2.05) is 61.5 Å². The molecule has 1 N–H and O–H groups in total. The molecule has 0 spiro atoms. The first kappa shape index (κ1) is 22.5. The lowest BCUT2D eigenvalue weighted by atomic mass is 9.99. The molecule has 0 bridgehead atoms. The minimum Gasteiger partial charge on any atom is -0.454 e. The van der Waals surface area contributed by atoms with E-state index >= 15 is 0 Å². The van der Waals surface area contributed by atoms with Crippen LogP contribution in [0.1, 0.15) is 21.5 Å². The number of benzene rings is 4. The molecular weight excluding hydrogens is 468 g/mol. The predicted octanol–water partition coefficient (Wildman–Crippen LogP) is 5.06. The van der Waals surface area contributed by atoms with E-state index in [0.717, 1.165) is 16.3 Å². The standard InChI is InChI=1S/C30H22N2O5/c1-18-6-10-22(11-7-18)31-28(33)16-32-15-24(29(34)21-9-8-19-4-2-3-5-20(19)12-21)30(35)23-13-26-27(14-25(23)32)37-17-36-26/h2-15H,16-17H2,1H3,(H,31,33). The molecule has 5 aromatic rings. The van der Waals surface area contributed by atoms with Crippen molar-refractivity contribution in [1.29, 1.82) is 0 Å². The Kier molecular flexibility index (Phi) is 5.45. The van der Waals surface area contributed by atoms with Gasteiger partial charge in [0.05, 0.1) is 16.5 Å².